The zero-order chi connectivity index (χ0) is 18.0. The van der Waals surface area contributed by atoms with Crippen molar-refractivity contribution < 1.29 is 20.1 Å². The summed E-state index contributed by atoms with van der Waals surface area (Å²) in [4.78, 5) is 2.10. The quantitative estimate of drug-likeness (QED) is 0.333. The van der Waals surface area contributed by atoms with Crippen LogP contribution >= 0.6 is 0 Å². The van der Waals surface area contributed by atoms with Gasteiger partial charge in [-0.25, -0.2) is 0 Å². The summed E-state index contributed by atoms with van der Waals surface area (Å²) in [6.07, 6.45) is 8.31. The average molecular weight is 344 g/mol. The van der Waals surface area contributed by atoms with Gasteiger partial charge in [-0.05, 0) is 65.8 Å². The highest BCUT2D eigenvalue weighted by atomic mass is 16.6. The van der Waals surface area contributed by atoms with Crippen molar-refractivity contribution in [2.45, 2.75) is 77.1 Å². The molecule has 0 spiro atoms. The monoisotopic (exact) mass is 343 g/mol. The van der Waals surface area contributed by atoms with Crippen molar-refractivity contribution in [3.05, 3.63) is 11.6 Å². The van der Waals surface area contributed by atoms with Crippen LogP contribution in [-0.4, -0.2) is 70.9 Å². The highest BCUT2D eigenvalue weighted by Crippen LogP contribution is 2.43. The fourth-order valence-corrected chi connectivity index (χ4v) is 3.17. The van der Waals surface area contributed by atoms with Gasteiger partial charge in [0.15, 0.2) is 0 Å². The van der Waals surface area contributed by atoms with E-state index in [9.17, 15) is 5.11 Å². The normalized spacial score (nSPS) is 25.3. The second-order valence-corrected chi connectivity index (χ2v) is 7.33. The van der Waals surface area contributed by atoms with Crippen LogP contribution in [0.25, 0.3) is 0 Å². The summed E-state index contributed by atoms with van der Waals surface area (Å²) in [5.74, 6) is 0. The summed E-state index contributed by atoms with van der Waals surface area (Å²) in [5, 5.41) is 27.3. The molecule has 3 unspecified atom stereocenters. The minimum Gasteiger partial charge on any atom is -0.395 e. The van der Waals surface area contributed by atoms with Crippen molar-refractivity contribution in [2.75, 3.05) is 32.8 Å². The fourth-order valence-electron chi connectivity index (χ4n) is 3.17. The minimum absolute atomic E-state index is 0.00468. The molecule has 1 heterocycles. The third-order valence-electron chi connectivity index (χ3n) is 4.89. The Hall–Kier alpha value is -0.460. The van der Waals surface area contributed by atoms with E-state index in [0.717, 1.165) is 45.1 Å². The van der Waals surface area contributed by atoms with E-state index in [4.69, 9.17) is 14.9 Å². The lowest BCUT2D eigenvalue weighted by molar-refractivity contribution is 0.160. The molecule has 5 heteroatoms. The Bertz CT molecular complexity index is 366. The molecule has 3 atom stereocenters. The molecule has 1 saturated heterocycles. The number of aliphatic hydroxyl groups excluding tert-OH is 3. The third-order valence-corrected chi connectivity index (χ3v) is 4.89. The van der Waals surface area contributed by atoms with E-state index in [2.05, 4.69) is 24.8 Å². The maximum Gasteiger partial charge on any atom is 0.0923 e. The molecule has 5 nitrogen and oxygen atoms in total. The number of aliphatic hydroxyl groups is 3. The van der Waals surface area contributed by atoms with Gasteiger partial charge in [0.25, 0.3) is 0 Å². The van der Waals surface area contributed by atoms with E-state index in [1.165, 1.54) is 5.57 Å². The van der Waals surface area contributed by atoms with Crippen LogP contribution in [-0.2, 0) is 4.74 Å². The van der Waals surface area contributed by atoms with Crippen LogP contribution in [0.3, 0.4) is 0 Å². The molecule has 1 aliphatic rings. The molecule has 3 N–H and O–H groups in total. The van der Waals surface area contributed by atoms with E-state index in [1.807, 2.05) is 6.92 Å². The largest absolute Gasteiger partial charge is 0.395 e. The molecule has 0 aromatic heterocycles. The first-order chi connectivity index (χ1) is 11.4. The van der Waals surface area contributed by atoms with Crippen LogP contribution in [0.1, 0.15) is 59.3 Å². The Kier molecular flexibility index (Phi) is 10.1. The fraction of sp³-hybridized carbons (Fsp3) is 0.895. The molecule has 24 heavy (non-hydrogen) atoms. The first kappa shape index (κ1) is 21.6. The van der Waals surface area contributed by atoms with Gasteiger partial charge in [0, 0.05) is 13.1 Å². The van der Waals surface area contributed by atoms with Crippen molar-refractivity contribution in [1.29, 1.82) is 0 Å². The lowest BCUT2D eigenvalue weighted by atomic mass is 9.97. The maximum absolute atomic E-state index is 9.34. The molecule has 1 aliphatic heterocycles. The maximum atomic E-state index is 9.34. The van der Waals surface area contributed by atoms with Gasteiger partial charge in [-0.2, -0.15) is 0 Å². The molecule has 0 saturated carbocycles. The summed E-state index contributed by atoms with van der Waals surface area (Å²) in [6, 6.07) is 0. The molecule has 0 aliphatic carbocycles. The average Bonchev–Trinajstić information content (AvgIpc) is 3.16. The molecular formula is C19H37NO4. The summed E-state index contributed by atoms with van der Waals surface area (Å²) >= 11 is 0. The lowest BCUT2D eigenvalue weighted by Crippen LogP contribution is -2.30. The molecular weight excluding hydrogens is 306 g/mol. The summed E-state index contributed by atoms with van der Waals surface area (Å²) < 4.78 is 5.81. The number of ether oxygens (including phenoxy) is 1. The van der Waals surface area contributed by atoms with Crippen LogP contribution in [0.2, 0.25) is 0 Å². The molecule has 0 aromatic carbocycles. The van der Waals surface area contributed by atoms with E-state index >= 15 is 0 Å². The van der Waals surface area contributed by atoms with Gasteiger partial charge in [-0.3, -0.25) is 4.90 Å². The Morgan fingerprint density at radius 2 is 1.92 bits per heavy atom. The zero-order valence-corrected chi connectivity index (χ0v) is 15.7. The Balaban J connectivity index is 2.16. The van der Waals surface area contributed by atoms with Crippen LogP contribution in [0, 0.1) is 0 Å². The SMILES string of the molecule is C/C(=C/CCC1(C)OC1CCC(C)O)CCCN(CCO)CCO. The van der Waals surface area contributed by atoms with E-state index in [0.29, 0.717) is 19.2 Å². The molecule has 1 rings (SSSR count). The highest BCUT2D eigenvalue weighted by molar-refractivity contribution is 5.03. The van der Waals surface area contributed by atoms with Gasteiger partial charge in [0.05, 0.1) is 31.0 Å². The lowest BCUT2D eigenvalue weighted by Gasteiger charge is -2.19. The number of nitrogens with zero attached hydrogens (tertiary/aromatic N) is 1. The van der Waals surface area contributed by atoms with Crippen molar-refractivity contribution in [3.8, 4) is 0 Å². The van der Waals surface area contributed by atoms with Gasteiger partial charge < -0.3 is 20.1 Å². The molecule has 142 valence electrons. The van der Waals surface area contributed by atoms with Gasteiger partial charge in [0.2, 0.25) is 0 Å². The van der Waals surface area contributed by atoms with Crippen molar-refractivity contribution in [2.24, 2.45) is 0 Å². The van der Waals surface area contributed by atoms with E-state index < -0.39 is 0 Å². The van der Waals surface area contributed by atoms with Crippen LogP contribution < -0.4 is 0 Å². The van der Waals surface area contributed by atoms with Crippen molar-refractivity contribution in [1.82, 2.24) is 4.90 Å². The second kappa shape index (κ2) is 11.2. The summed E-state index contributed by atoms with van der Waals surface area (Å²) in [7, 11) is 0. The van der Waals surface area contributed by atoms with Crippen LogP contribution in [0.4, 0.5) is 0 Å². The number of allylic oxidation sites excluding steroid dienone is 2. The third kappa shape index (κ3) is 8.58. The van der Waals surface area contributed by atoms with Gasteiger partial charge in [0.1, 0.15) is 0 Å². The van der Waals surface area contributed by atoms with Crippen LogP contribution in [0.5, 0.6) is 0 Å². The van der Waals surface area contributed by atoms with Crippen molar-refractivity contribution >= 4 is 0 Å². The molecule has 1 fully saturated rings. The van der Waals surface area contributed by atoms with Crippen LogP contribution in [0.15, 0.2) is 11.6 Å². The molecule has 0 amide bonds. The summed E-state index contributed by atoms with van der Waals surface area (Å²) in [6.45, 7) is 8.63. The van der Waals surface area contributed by atoms with Gasteiger partial charge >= 0.3 is 0 Å². The predicted molar refractivity (Wildman–Crippen MR) is 97.0 cm³/mol. The van der Waals surface area contributed by atoms with E-state index in [1.54, 1.807) is 0 Å². The molecule has 0 aromatic rings. The highest BCUT2D eigenvalue weighted by Gasteiger charge is 2.50. The van der Waals surface area contributed by atoms with E-state index in [-0.39, 0.29) is 24.9 Å². The number of epoxide rings is 1. The molecule has 0 bridgehead atoms. The Morgan fingerprint density at radius 1 is 1.25 bits per heavy atom. The smallest absolute Gasteiger partial charge is 0.0923 e. The minimum atomic E-state index is -0.239. The standard InChI is InChI=1S/C19H37NO4/c1-16(7-5-11-20(12-14-21)13-15-22)6-4-10-19(3)18(24-19)9-8-17(2)23/h6,17-18,21-23H,4-5,7-15H2,1-3H3/b16-6-. The first-order valence-corrected chi connectivity index (χ1v) is 9.37. The van der Waals surface area contributed by atoms with Gasteiger partial charge in [-0.15, -0.1) is 0 Å². The number of hydrogen-bond acceptors (Lipinski definition) is 5. The Labute approximate surface area is 147 Å². The topological polar surface area (TPSA) is 76.5 Å². The van der Waals surface area contributed by atoms with Gasteiger partial charge in [-0.1, -0.05) is 11.6 Å². The number of hydrogen-bond donors (Lipinski definition) is 3. The Morgan fingerprint density at radius 3 is 2.50 bits per heavy atom. The molecule has 0 radical (unpaired) electrons. The second-order valence-electron chi connectivity index (χ2n) is 7.33. The number of rotatable bonds is 14. The summed E-state index contributed by atoms with van der Waals surface area (Å²) in [5.41, 5.74) is 1.40. The first-order valence-electron chi connectivity index (χ1n) is 9.37. The predicted octanol–water partition coefficient (Wildman–Crippen LogP) is 2.10. The van der Waals surface area contributed by atoms with Crippen molar-refractivity contribution in [3.63, 3.8) is 0 Å². The zero-order valence-electron chi connectivity index (χ0n) is 15.7.